The van der Waals surface area contributed by atoms with Gasteiger partial charge in [0, 0.05) is 18.9 Å². The van der Waals surface area contributed by atoms with Gasteiger partial charge >= 0.3 is 0 Å². The molecule has 0 N–H and O–H groups in total. The highest BCUT2D eigenvalue weighted by molar-refractivity contribution is 6.06. The lowest BCUT2D eigenvalue weighted by Gasteiger charge is -2.29. The van der Waals surface area contributed by atoms with Crippen LogP contribution in [0, 0.1) is 6.92 Å². The van der Waals surface area contributed by atoms with Crippen molar-refractivity contribution in [1.82, 2.24) is 24.6 Å². The fourth-order valence-electron chi connectivity index (χ4n) is 4.31. The second-order valence-corrected chi connectivity index (χ2v) is 10.1. The molecule has 176 valence electrons. The zero-order valence-electron chi connectivity index (χ0n) is 21.1. The first-order chi connectivity index (χ1) is 16.1. The van der Waals surface area contributed by atoms with Crippen LogP contribution in [0.1, 0.15) is 79.6 Å². The maximum absolute atomic E-state index is 14.2. The van der Waals surface area contributed by atoms with Crippen LogP contribution in [-0.2, 0) is 5.54 Å². The lowest BCUT2D eigenvalue weighted by Crippen LogP contribution is -2.33. The Bertz CT molecular complexity index is 1260. The van der Waals surface area contributed by atoms with E-state index in [9.17, 15) is 4.79 Å². The highest BCUT2D eigenvalue weighted by Gasteiger charge is 2.30. The van der Waals surface area contributed by atoms with Crippen LogP contribution in [0.2, 0.25) is 0 Å². The molecule has 1 aromatic carbocycles. The molecule has 0 bridgehead atoms. The summed E-state index contributed by atoms with van der Waals surface area (Å²) in [4.78, 5) is 25.5. The van der Waals surface area contributed by atoms with Gasteiger partial charge in [-0.05, 0) is 57.4 Å². The number of pyridine rings is 2. The molecule has 0 aliphatic heterocycles. The van der Waals surface area contributed by atoms with Crippen molar-refractivity contribution < 1.29 is 4.79 Å². The smallest absolute Gasteiger partial charge is 0.255 e. The average molecular weight is 456 g/mol. The number of benzene rings is 1. The number of aromatic nitrogens is 4. The molecule has 0 aliphatic rings. The van der Waals surface area contributed by atoms with E-state index < -0.39 is 0 Å². The van der Waals surface area contributed by atoms with Crippen molar-refractivity contribution in [2.24, 2.45) is 0 Å². The zero-order valence-corrected chi connectivity index (χ0v) is 21.1. The topological polar surface area (TPSA) is 63.9 Å². The molecule has 1 amide bonds. The van der Waals surface area contributed by atoms with Crippen molar-refractivity contribution in [3.05, 3.63) is 89.0 Å². The standard InChI is InChI=1S/C28H33N5O/c1-18(2)23-17-21(24-19(3)31-33(26(24)30-23)28(4,5)6)27(34)32(7)25(20-13-9-8-10-14-20)22-15-11-12-16-29-22/h8-18,25H,1-7H3. The van der Waals surface area contributed by atoms with Crippen molar-refractivity contribution in [2.75, 3.05) is 7.05 Å². The Kier molecular flexibility index (Phi) is 6.26. The lowest BCUT2D eigenvalue weighted by molar-refractivity contribution is 0.0754. The van der Waals surface area contributed by atoms with Crippen LogP contribution in [0.15, 0.2) is 60.8 Å². The summed E-state index contributed by atoms with van der Waals surface area (Å²) in [6, 6.07) is 17.5. The number of hydrogen-bond acceptors (Lipinski definition) is 4. The Hall–Kier alpha value is -3.54. The Morgan fingerprint density at radius 2 is 1.68 bits per heavy atom. The Morgan fingerprint density at radius 3 is 2.26 bits per heavy atom. The van der Waals surface area contributed by atoms with Gasteiger partial charge in [0.2, 0.25) is 0 Å². The van der Waals surface area contributed by atoms with Crippen molar-refractivity contribution >= 4 is 16.9 Å². The Labute approximate surface area is 201 Å². The number of hydrogen-bond donors (Lipinski definition) is 0. The minimum Gasteiger partial charge on any atom is -0.329 e. The minimum atomic E-state index is -0.321. The maximum Gasteiger partial charge on any atom is 0.255 e. The molecule has 1 unspecified atom stereocenters. The predicted molar refractivity (Wildman–Crippen MR) is 136 cm³/mol. The van der Waals surface area contributed by atoms with Crippen LogP contribution < -0.4 is 0 Å². The van der Waals surface area contributed by atoms with E-state index in [1.165, 1.54) is 0 Å². The van der Waals surface area contributed by atoms with Gasteiger partial charge < -0.3 is 4.90 Å². The molecule has 3 aromatic heterocycles. The summed E-state index contributed by atoms with van der Waals surface area (Å²) >= 11 is 0. The van der Waals surface area contributed by atoms with Gasteiger partial charge in [0.05, 0.1) is 33.9 Å². The largest absolute Gasteiger partial charge is 0.329 e. The van der Waals surface area contributed by atoms with Crippen molar-refractivity contribution in [3.63, 3.8) is 0 Å². The first-order valence-electron chi connectivity index (χ1n) is 11.7. The van der Waals surface area contributed by atoms with Crippen molar-refractivity contribution in [3.8, 4) is 0 Å². The summed E-state index contributed by atoms with van der Waals surface area (Å²) in [7, 11) is 1.85. The van der Waals surface area contributed by atoms with E-state index in [4.69, 9.17) is 10.1 Å². The Balaban J connectivity index is 1.91. The van der Waals surface area contributed by atoms with E-state index in [-0.39, 0.29) is 23.4 Å². The van der Waals surface area contributed by atoms with Gasteiger partial charge in [0.15, 0.2) is 5.65 Å². The number of carbonyl (C=O) groups is 1. The summed E-state index contributed by atoms with van der Waals surface area (Å²) in [5, 5.41) is 5.61. The second-order valence-electron chi connectivity index (χ2n) is 10.1. The lowest BCUT2D eigenvalue weighted by atomic mass is 9.99. The van der Waals surface area contributed by atoms with Crippen LogP contribution in [0.4, 0.5) is 0 Å². The average Bonchev–Trinajstić information content (AvgIpc) is 3.16. The quantitative estimate of drug-likeness (QED) is 0.377. The second kappa shape index (κ2) is 9.01. The van der Waals surface area contributed by atoms with Crippen LogP contribution >= 0.6 is 0 Å². The number of carbonyl (C=O) groups excluding carboxylic acids is 1. The van der Waals surface area contributed by atoms with Crippen LogP contribution in [0.3, 0.4) is 0 Å². The molecule has 0 spiro atoms. The fraction of sp³-hybridized carbons (Fsp3) is 0.357. The van der Waals surface area contributed by atoms with E-state index in [2.05, 4.69) is 39.6 Å². The predicted octanol–water partition coefficient (Wildman–Crippen LogP) is 5.87. The molecule has 4 aromatic rings. The molecular weight excluding hydrogens is 422 g/mol. The zero-order chi connectivity index (χ0) is 24.6. The van der Waals surface area contributed by atoms with Crippen LogP contribution in [0.5, 0.6) is 0 Å². The van der Waals surface area contributed by atoms with Gasteiger partial charge in [0.1, 0.15) is 0 Å². The molecule has 1 atom stereocenters. The number of amides is 1. The summed E-state index contributed by atoms with van der Waals surface area (Å²) in [5.74, 6) is 0.0935. The van der Waals surface area contributed by atoms with Crippen LogP contribution in [0.25, 0.3) is 11.0 Å². The fourth-order valence-corrected chi connectivity index (χ4v) is 4.31. The molecule has 0 radical (unpaired) electrons. The molecule has 34 heavy (non-hydrogen) atoms. The molecule has 0 saturated heterocycles. The number of aryl methyl sites for hydroxylation is 1. The normalized spacial score (nSPS) is 12.8. The third kappa shape index (κ3) is 4.32. The molecular formula is C28H33N5O. The number of nitrogens with zero attached hydrogens (tertiary/aromatic N) is 5. The molecule has 0 fully saturated rings. The third-order valence-corrected chi connectivity index (χ3v) is 6.08. The van der Waals surface area contributed by atoms with E-state index >= 15 is 0 Å². The van der Waals surface area contributed by atoms with Crippen molar-refractivity contribution in [2.45, 2.75) is 59.0 Å². The first kappa shape index (κ1) is 23.6. The summed E-state index contributed by atoms with van der Waals surface area (Å²) in [6.45, 7) is 12.4. The molecule has 3 heterocycles. The van der Waals surface area contributed by atoms with E-state index in [0.29, 0.717) is 5.56 Å². The summed E-state index contributed by atoms with van der Waals surface area (Å²) < 4.78 is 1.94. The molecule has 6 heteroatoms. The van der Waals surface area contributed by atoms with Gasteiger partial charge in [-0.25, -0.2) is 9.67 Å². The van der Waals surface area contributed by atoms with Gasteiger partial charge in [-0.1, -0.05) is 50.2 Å². The third-order valence-electron chi connectivity index (χ3n) is 6.08. The summed E-state index contributed by atoms with van der Waals surface area (Å²) in [5.41, 5.74) is 4.63. The highest BCUT2D eigenvalue weighted by atomic mass is 16.2. The molecule has 0 aliphatic carbocycles. The summed E-state index contributed by atoms with van der Waals surface area (Å²) in [6.07, 6.45) is 1.77. The van der Waals surface area contributed by atoms with Gasteiger partial charge in [0.25, 0.3) is 5.91 Å². The van der Waals surface area contributed by atoms with Gasteiger partial charge in [-0.2, -0.15) is 5.10 Å². The highest BCUT2D eigenvalue weighted by Crippen LogP contribution is 2.32. The van der Waals surface area contributed by atoms with E-state index in [0.717, 1.165) is 33.7 Å². The van der Waals surface area contributed by atoms with Gasteiger partial charge in [-0.3, -0.25) is 9.78 Å². The van der Waals surface area contributed by atoms with Crippen molar-refractivity contribution in [1.29, 1.82) is 0 Å². The molecule has 4 rings (SSSR count). The number of rotatable bonds is 5. The first-order valence-corrected chi connectivity index (χ1v) is 11.7. The maximum atomic E-state index is 14.2. The SMILES string of the molecule is Cc1nn(C(C)(C)C)c2nc(C(C)C)cc(C(=O)N(C)C(c3ccccc3)c3ccccn3)c12. The van der Waals surface area contributed by atoms with Gasteiger partial charge in [-0.15, -0.1) is 0 Å². The molecule has 0 saturated carbocycles. The van der Waals surface area contributed by atoms with Crippen LogP contribution in [-0.4, -0.2) is 37.6 Å². The monoisotopic (exact) mass is 455 g/mol. The molecule has 6 nitrogen and oxygen atoms in total. The van der Waals surface area contributed by atoms with E-state index in [1.54, 1.807) is 11.1 Å². The number of fused-ring (bicyclic) bond motifs is 1. The van der Waals surface area contributed by atoms with E-state index in [1.807, 2.05) is 73.3 Å². The minimum absolute atomic E-state index is 0.0784. The Morgan fingerprint density at radius 1 is 1.00 bits per heavy atom.